The number of fused-ring (bicyclic) bond motifs is 5. The Labute approximate surface area is 306 Å². The van der Waals surface area contributed by atoms with E-state index in [0.717, 1.165) is 49.8 Å². The molecule has 3 heterocycles. The summed E-state index contributed by atoms with van der Waals surface area (Å²) in [5.41, 5.74) is 6.59. The minimum absolute atomic E-state index is 0.309. The molecule has 0 atom stereocenters. The molecule has 1 aliphatic rings. The van der Waals surface area contributed by atoms with E-state index in [1.165, 1.54) is 0 Å². The van der Waals surface area contributed by atoms with Crippen LogP contribution in [0.3, 0.4) is 0 Å². The van der Waals surface area contributed by atoms with Crippen LogP contribution in [0.4, 0.5) is 0 Å². The molecule has 0 N–H and O–H groups in total. The average Bonchev–Trinajstić information content (AvgIpc) is 3.60. The Bertz CT molecular complexity index is 2910. The van der Waals surface area contributed by atoms with Crippen LogP contribution in [0.2, 0.25) is 0 Å². The van der Waals surface area contributed by atoms with Gasteiger partial charge >= 0.3 is 0 Å². The van der Waals surface area contributed by atoms with Crippen LogP contribution in [-0.4, -0.2) is 23.4 Å². The van der Waals surface area contributed by atoms with Gasteiger partial charge in [0.05, 0.1) is 15.2 Å². The van der Waals surface area contributed by atoms with Gasteiger partial charge in [-0.25, -0.2) is 23.4 Å². The Morgan fingerprint density at radius 3 is 1.55 bits per heavy atom. The highest BCUT2D eigenvalue weighted by Gasteiger charge is 2.48. The highest BCUT2D eigenvalue weighted by atomic mass is 32.2. The van der Waals surface area contributed by atoms with Crippen molar-refractivity contribution in [1.82, 2.24) is 15.0 Å². The molecule has 1 aliphatic heterocycles. The molecule has 0 bridgehead atoms. The van der Waals surface area contributed by atoms with Crippen LogP contribution in [0, 0.1) is 0 Å². The summed E-state index contributed by atoms with van der Waals surface area (Å²) >= 11 is 0. The second-order valence-corrected chi connectivity index (χ2v) is 15.1. The molecule has 0 saturated heterocycles. The second-order valence-electron chi connectivity index (χ2n) is 13.2. The topological polar surface area (TPSA) is 86.0 Å². The van der Waals surface area contributed by atoms with E-state index in [4.69, 9.17) is 19.4 Å². The van der Waals surface area contributed by atoms with E-state index in [-0.39, 0.29) is 0 Å². The van der Waals surface area contributed by atoms with Gasteiger partial charge in [0.15, 0.2) is 17.5 Å². The summed E-state index contributed by atoms with van der Waals surface area (Å²) in [6.07, 6.45) is 0. The third kappa shape index (κ3) is 4.78. The van der Waals surface area contributed by atoms with Gasteiger partial charge < -0.3 is 4.42 Å². The van der Waals surface area contributed by atoms with Crippen LogP contribution in [0.1, 0.15) is 22.3 Å². The van der Waals surface area contributed by atoms with E-state index in [1.54, 1.807) is 24.3 Å². The third-order valence-electron chi connectivity index (χ3n) is 10.2. The van der Waals surface area contributed by atoms with Gasteiger partial charge in [-0.05, 0) is 58.7 Å². The van der Waals surface area contributed by atoms with Crippen molar-refractivity contribution in [3.05, 3.63) is 198 Å². The first kappa shape index (κ1) is 31.1. The van der Waals surface area contributed by atoms with E-state index < -0.39 is 15.3 Å². The van der Waals surface area contributed by atoms with Gasteiger partial charge in [-0.3, -0.25) is 0 Å². The molecule has 0 amide bonds. The van der Waals surface area contributed by atoms with Gasteiger partial charge in [0.25, 0.3) is 0 Å². The van der Waals surface area contributed by atoms with E-state index in [2.05, 4.69) is 36.4 Å². The van der Waals surface area contributed by atoms with Gasteiger partial charge in [0.1, 0.15) is 11.2 Å². The number of rotatable bonds is 5. The van der Waals surface area contributed by atoms with Crippen LogP contribution in [0.25, 0.3) is 56.1 Å². The Morgan fingerprint density at radius 2 is 0.887 bits per heavy atom. The first-order valence-electron chi connectivity index (χ1n) is 17.4. The number of sulfone groups is 1. The summed E-state index contributed by atoms with van der Waals surface area (Å²) in [5, 5.41) is 2.02. The zero-order valence-electron chi connectivity index (χ0n) is 28.2. The molecule has 9 aromatic rings. The van der Waals surface area contributed by atoms with E-state index in [0.29, 0.717) is 38.4 Å². The molecule has 53 heavy (non-hydrogen) atoms. The van der Waals surface area contributed by atoms with E-state index in [1.807, 2.05) is 115 Å². The van der Waals surface area contributed by atoms with Crippen LogP contribution in [0.5, 0.6) is 0 Å². The summed E-state index contributed by atoms with van der Waals surface area (Å²) < 4.78 is 34.3. The number of hydrogen-bond donors (Lipinski definition) is 0. The normalized spacial score (nSPS) is 14.1. The average molecular weight is 704 g/mol. The number of benzene rings is 7. The Kier molecular flexibility index (Phi) is 7.00. The van der Waals surface area contributed by atoms with Crippen molar-refractivity contribution in [3.63, 3.8) is 0 Å². The molecule has 0 unspecified atom stereocenters. The fourth-order valence-electron chi connectivity index (χ4n) is 7.85. The first-order valence-corrected chi connectivity index (χ1v) is 18.8. The zero-order valence-corrected chi connectivity index (χ0v) is 29.0. The number of nitrogens with zero attached hydrogens (tertiary/aromatic N) is 3. The van der Waals surface area contributed by atoms with Crippen LogP contribution in [-0.2, 0) is 15.3 Å². The Balaban J connectivity index is 1.17. The maximum absolute atomic E-state index is 14.1. The highest BCUT2D eigenvalue weighted by molar-refractivity contribution is 7.91. The number of furan rings is 1. The zero-order chi connectivity index (χ0) is 35.6. The number of aromatic nitrogens is 3. The highest BCUT2D eigenvalue weighted by Crippen LogP contribution is 2.53. The molecule has 7 aromatic carbocycles. The van der Waals surface area contributed by atoms with Crippen molar-refractivity contribution >= 4 is 31.8 Å². The summed E-state index contributed by atoms with van der Waals surface area (Å²) in [4.78, 5) is 15.6. The van der Waals surface area contributed by atoms with Gasteiger partial charge in [-0.2, -0.15) is 0 Å². The van der Waals surface area contributed by atoms with E-state index >= 15 is 0 Å². The van der Waals surface area contributed by atoms with Crippen molar-refractivity contribution in [3.8, 4) is 34.2 Å². The van der Waals surface area contributed by atoms with Crippen LogP contribution >= 0.6 is 0 Å². The quantitative estimate of drug-likeness (QED) is 0.177. The Morgan fingerprint density at radius 1 is 0.415 bits per heavy atom. The van der Waals surface area contributed by atoms with Crippen molar-refractivity contribution in [1.29, 1.82) is 0 Å². The predicted molar refractivity (Wildman–Crippen MR) is 207 cm³/mol. The van der Waals surface area contributed by atoms with Crippen molar-refractivity contribution in [2.45, 2.75) is 15.2 Å². The largest absolute Gasteiger partial charge is 0.456 e. The predicted octanol–water partition coefficient (Wildman–Crippen LogP) is 10.3. The SMILES string of the molecule is O=S1(=O)c2ccccc2C(c2ccccc2)(c2ccc(-c3nc(-c4ccccc4)nc(-c4ccc5oc6ccccc6c5c4)n3)cc2)c2ccccc21. The first-order chi connectivity index (χ1) is 26.0. The van der Waals surface area contributed by atoms with Gasteiger partial charge in [-0.15, -0.1) is 0 Å². The minimum atomic E-state index is -3.76. The lowest BCUT2D eigenvalue weighted by molar-refractivity contribution is 0.579. The smallest absolute Gasteiger partial charge is 0.207 e. The lowest BCUT2D eigenvalue weighted by atomic mass is 9.65. The second kappa shape index (κ2) is 11.9. The maximum Gasteiger partial charge on any atom is 0.207 e. The summed E-state index contributed by atoms with van der Waals surface area (Å²) in [6, 6.07) is 57.0. The lowest BCUT2D eigenvalue weighted by Crippen LogP contribution is -2.37. The van der Waals surface area contributed by atoms with Crippen LogP contribution < -0.4 is 0 Å². The fourth-order valence-corrected chi connectivity index (χ4v) is 9.62. The van der Waals surface area contributed by atoms with Gasteiger partial charge in [0.2, 0.25) is 9.84 Å². The summed E-state index contributed by atoms with van der Waals surface area (Å²) in [6.45, 7) is 0. The number of para-hydroxylation sites is 1. The standard InChI is InChI=1S/C46H29N3O3S/c50-53(51)41-21-11-8-18-37(41)46(33-15-5-2-6-16-33,38-19-9-12-22-42(38)53)34-26-23-31(24-27-34)44-47-43(30-13-3-1-4-14-30)48-45(49-44)32-25-28-40-36(29-32)35-17-7-10-20-39(35)52-40/h1-29H. The van der Waals surface area contributed by atoms with Crippen molar-refractivity contribution in [2.24, 2.45) is 0 Å². The summed E-state index contributed by atoms with van der Waals surface area (Å²) in [5.74, 6) is 1.64. The minimum Gasteiger partial charge on any atom is -0.456 e. The van der Waals surface area contributed by atoms with Gasteiger partial charge in [0, 0.05) is 27.5 Å². The van der Waals surface area contributed by atoms with Gasteiger partial charge in [-0.1, -0.05) is 140 Å². The Hall–Kier alpha value is -6.70. The molecule has 0 spiro atoms. The molecular weight excluding hydrogens is 675 g/mol. The third-order valence-corrected chi connectivity index (χ3v) is 12.1. The molecule has 252 valence electrons. The van der Waals surface area contributed by atoms with Crippen molar-refractivity contribution < 1.29 is 12.8 Å². The fraction of sp³-hybridized carbons (Fsp3) is 0.0217. The molecule has 2 aromatic heterocycles. The molecule has 0 fully saturated rings. The molecular formula is C46H29N3O3S. The molecule has 7 heteroatoms. The lowest BCUT2D eigenvalue weighted by Gasteiger charge is -2.41. The van der Waals surface area contributed by atoms with E-state index in [9.17, 15) is 8.42 Å². The molecule has 6 nitrogen and oxygen atoms in total. The molecule has 0 aliphatic carbocycles. The van der Waals surface area contributed by atoms with Crippen LogP contribution in [0.15, 0.2) is 190 Å². The summed E-state index contributed by atoms with van der Waals surface area (Å²) in [7, 11) is -3.76. The molecule has 0 radical (unpaired) electrons. The molecule has 10 rings (SSSR count). The van der Waals surface area contributed by atoms with Crippen molar-refractivity contribution in [2.75, 3.05) is 0 Å². The number of hydrogen-bond acceptors (Lipinski definition) is 6. The monoisotopic (exact) mass is 703 g/mol. The maximum atomic E-state index is 14.1. The molecule has 0 saturated carbocycles.